The zero-order valence-electron chi connectivity index (χ0n) is 15.4. The first-order chi connectivity index (χ1) is 13.9. The van der Waals surface area contributed by atoms with Crippen molar-refractivity contribution in [1.29, 1.82) is 0 Å². The van der Waals surface area contributed by atoms with Crippen LogP contribution in [0.4, 0.5) is 19.0 Å². The monoisotopic (exact) mass is 401 g/mol. The van der Waals surface area contributed by atoms with Crippen molar-refractivity contribution in [2.75, 3.05) is 11.4 Å². The highest BCUT2D eigenvalue weighted by Crippen LogP contribution is 2.37. The Morgan fingerprint density at radius 3 is 2.69 bits per heavy atom. The van der Waals surface area contributed by atoms with Gasteiger partial charge in [-0.05, 0) is 43.2 Å². The molecule has 1 fully saturated rings. The molecule has 0 aromatic carbocycles. The lowest BCUT2D eigenvalue weighted by molar-refractivity contribution is -0.137. The van der Waals surface area contributed by atoms with Crippen molar-refractivity contribution in [1.82, 2.24) is 19.7 Å². The molecule has 0 spiro atoms. The summed E-state index contributed by atoms with van der Waals surface area (Å²) in [5.74, 6) is -0.0982. The highest BCUT2D eigenvalue weighted by atomic mass is 19.4. The van der Waals surface area contributed by atoms with Gasteiger partial charge in [0.15, 0.2) is 0 Å². The number of aromatic nitrogens is 4. The third kappa shape index (κ3) is 3.98. The van der Waals surface area contributed by atoms with Crippen molar-refractivity contribution in [3.8, 4) is 11.3 Å². The fourth-order valence-corrected chi connectivity index (χ4v) is 3.60. The Balaban J connectivity index is 1.65. The van der Waals surface area contributed by atoms with Crippen molar-refractivity contribution in [3.63, 3.8) is 0 Å². The second kappa shape index (κ2) is 7.65. The second-order valence-corrected chi connectivity index (χ2v) is 6.84. The summed E-state index contributed by atoms with van der Waals surface area (Å²) in [6, 6.07) is 8.63. The predicted octanol–water partition coefficient (Wildman–Crippen LogP) is 3.39. The Kier molecular flexibility index (Phi) is 5.04. The predicted molar refractivity (Wildman–Crippen MR) is 101 cm³/mol. The Hall–Kier alpha value is -3.23. The smallest absolute Gasteiger partial charge is 0.351 e. The zero-order valence-corrected chi connectivity index (χ0v) is 15.4. The van der Waals surface area contributed by atoms with Crippen molar-refractivity contribution in [3.05, 3.63) is 70.9 Å². The third-order valence-electron chi connectivity index (χ3n) is 4.95. The molecular formula is C20H18F3N5O. The summed E-state index contributed by atoms with van der Waals surface area (Å²) in [7, 11) is 0. The van der Waals surface area contributed by atoms with Crippen LogP contribution >= 0.6 is 0 Å². The number of nitrogens with zero attached hydrogens (tertiary/aromatic N) is 5. The van der Waals surface area contributed by atoms with E-state index in [-0.39, 0.29) is 24.0 Å². The number of hydrogen-bond acceptors (Lipinski definition) is 5. The molecule has 3 aromatic heterocycles. The van der Waals surface area contributed by atoms with E-state index in [0.29, 0.717) is 18.7 Å². The molecule has 150 valence electrons. The Morgan fingerprint density at radius 1 is 1.10 bits per heavy atom. The van der Waals surface area contributed by atoms with Crippen LogP contribution in [-0.2, 0) is 12.7 Å². The van der Waals surface area contributed by atoms with Gasteiger partial charge in [-0.25, -0.2) is 9.67 Å². The minimum atomic E-state index is -4.49. The van der Waals surface area contributed by atoms with E-state index in [0.717, 1.165) is 18.1 Å². The highest BCUT2D eigenvalue weighted by molar-refractivity contribution is 5.56. The van der Waals surface area contributed by atoms with E-state index in [1.165, 1.54) is 23.0 Å². The maximum Gasteiger partial charge on any atom is 0.419 e. The van der Waals surface area contributed by atoms with Crippen molar-refractivity contribution >= 4 is 5.82 Å². The molecule has 1 unspecified atom stereocenters. The molecule has 1 saturated heterocycles. The van der Waals surface area contributed by atoms with Gasteiger partial charge in [-0.15, -0.1) is 0 Å². The molecule has 29 heavy (non-hydrogen) atoms. The lowest BCUT2D eigenvalue weighted by Crippen LogP contribution is -2.38. The molecule has 0 aliphatic carbocycles. The molecule has 9 heteroatoms. The van der Waals surface area contributed by atoms with Crippen LogP contribution in [0.15, 0.2) is 59.8 Å². The first kappa shape index (κ1) is 19.1. The number of hydrogen-bond donors (Lipinski definition) is 0. The van der Waals surface area contributed by atoms with Crippen LogP contribution in [0.1, 0.15) is 18.4 Å². The maximum atomic E-state index is 13.4. The summed E-state index contributed by atoms with van der Waals surface area (Å²) < 4.78 is 41.6. The molecule has 0 radical (unpaired) electrons. The lowest BCUT2D eigenvalue weighted by atomic mass is 10.2. The SMILES string of the molecule is O=c1ccc(-c2cccnc2)nn1CC1CCCN1c1ncccc1C(F)(F)F. The van der Waals surface area contributed by atoms with E-state index in [2.05, 4.69) is 15.1 Å². The first-order valence-corrected chi connectivity index (χ1v) is 9.21. The van der Waals surface area contributed by atoms with Gasteiger partial charge >= 0.3 is 6.18 Å². The van der Waals surface area contributed by atoms with Crippen LogP contribution < -0.4 is 10.5 Å². The van der Waals surface area contributed by atoms with E-state index in [9.17, 15) is 18.0 Å². The number of pyridine rings is 2. The lowest BCUT2D eigenvalue weighted by Gasteiger charge is -2.28. The average Bonchev–Trinajstić information content (AvgIpc) is 3.18. The Labute approximate surface area is 164 Å². The molecular weight excluding hydrogens is 383 g/mol. The van der Waals surface area contributed by atoms with Gasteiger partial charge in [0, 0.05) is 36.8 Å². The van der Waals surface area contributed by atoms with Crippen LogP contribution in [0.5, 0.6) is 0 Å². The Morgan fingerprint density at radius 2 is 1.93 bits per heavy atom. The zero-order chi connectivity index (χ0) is 20.4. The molecule has 1 atom stereocenters. The van der Waals surface area contributed by atoms with E-state index in [4.69, 9.17) is 0 Å². The number of alkyl halides is 3. The average molecular weight is 401 g/mol. The summed E-state index contributed by atoms with van der Waals surface area (Å²) in [5, 5.41) is 4.40. The topological polar surface area (TPSA) is 63.9 Å². The number of anilines is 1. The molecule has 3 aromatic rings. The molecule has 0 bridgehead atoms. The van der Waals surface area contributed by atoms with Gasteiger partial charge in [-0.2, -0.15) is 18.3 Å². The standard InChI is InChI=1S/C20H18F3N5O/c21-20(22,23)16-6-2-10-25-19(16)27-11-3-5-15(27)13-28-18(29)8-7-17(26-28)14-4-1-9-24-12-14/h1-2,4,6-10,12,15H,3,5,11,13H2. The maximum absolute atomic E-state index is 13.4. The first-order valence-electron chi connectivity index (χ1n) is 9.21. The van der Waals surface area contributed by atoms with E-state index in [1.807, 2.05) is 6.07 Å². The van der Waals surface area contributed by atoms with Crippen LogP contribution in [0.2, 0.25) is 0 Å². The minimum absolute atomic E-state index is 0.0982. The van der Waals surface area contributed by atoms with Gasteiger partial charge < -0.3 is 4.90 Å². The molecule has 1 aliphatic rings. The summed E-state index contributed by atoms with van der Waals surface area (Å²) in [6.45, 7) is 0.628. The van der Waals surface area contributed by atoms with Crippen LogP contribution in [0.25, 0.3) is 11.3 Å². The van der Waals surface area contributed by atoms with Gasteiger partial charge in [0.2, 0.25) is 0 Å². The minimum Gasteiger partial charge on any atom is -0.351 e. The quantitative estimate of drug-likeness (QED) is 0.671. The largest absolute Gasteiger partial charge is 0.419 e. The molecule has 6 nitrogen and oxygen atoms in total. The molecule has 4 rings (SSSR count). The van der Waals surface area contributed by atoms with Crippen LogP contribution in [-0.4, -0.2) is 32.3 Å². The summed E-state index contributed by atoms with van der Waals surface area (Å²) >= 11 is 0. The molecule has 4 heterocycles. The number of rotatable bonds is 4. The second-order valence-electron chi connectivity index (χ2n) is 6.84. The fraction of sp³-hybridized carbons (Fsp3) is 0.300. The molecule has 0 N–H and O–H groups in total. The normalized spacial score (nSPS) is 16.9. The molecule has 0 saturated carbocycles. The van der Waals surface area contributed by atoms with E-state index in [1.54, 1.807) is 29.4 Å². The van der Waals surface area contributed by atoms with Crippen LogP contribution in [0, 0.1) is 0 Å². The van der Waals surface area contributed by atoms with Crippen molar-refractivity contribution in [2.45, 2.75) is 31.6 Å². The fourth-order valence-electron chi connectivity index (χ4n) is 3.60. The van der Waals surface area contributed by atoms with E-state index < -0.39 is 11.7 Å². The van der Waals surface area contributed by atoms with Gasteiger partial charge in [0.1, 0.15) is 5.82 Å². The Bertz CT molecular complexity index is 1050. The van der Waals surface area contributed by atoms with E-state index >= 15 is 0 Å². The summed E-state index contributed by atoms with van der Waals surface area (Å²) in [6.07, 6.45) is 1.51. The molecule has 1 aliphatic heterocycles. The molecule has 0 amide bonds. The highest BCUT2D eigenvalue weighted by Gasteiger charge is 2.38. The van der Waals surface area contributed by atoms with Gasteiger partial charge in [0.05, 0.1) is 23.8 Å². The van der Waals surface area contributed by atoms with Gasteiger partial charge in [-0.1, -0.05) is 0 Å². The van der Waals surface area contributed by atoms with Crippen LogP contribution in [0.3, 0.4) is 0 Å². The van der Waals surface area contributed by atoms with Gasteiger partial charge in [-0.3, -0.25) is 9.78 Å². The third-order valence-corrected chi connectivity index (χ3v) is 4.95. The summed E-state index contributed by atoms with van der Waals surface area (Å²) in [4.78, 5) is 22.0. The number of halogens is 3. The van der Waals surface area contributed by atoms with Crippen molar-refractivity contribution in [2.24, 2.45) is 0 Å². The van der Waals surface area contributed by atoms with Crippen molar-refractivity contribution < 1.29 is 13.2 Å². The van der Waals surface area contributed by atoms with Gasteiger partial charge in [0.25, 0.3) is 5.56 Å². The summed E-state index contributed by atoms with van der Waals surface area (Å²) in [5.41, 5.74) is 0.266.